The van der Waals surface area contributed by atoms with Crippen LogP contribution in [0.2, 0.25) is 0 Å². The summed E-state index contributed by atoms with van der Waals surface area (Å²) in [5, 5.41) is 0. The van der Waals surface area contributed by atoms with E-state index in [-0.39, 0.29) is 18.0 Å². The summed E-state index contributed by atoms with van der Waals surface area (Å²) in [7, 11) is 0. The van der Waals surface area contributed by atoms with Crippen molar-refractivity contribution in [1.29, 1.82) is 0 Å². The Balaban J connectivity index is 2.13. The van der Waals surface area contributed by atoms with Gasteiger partial charge >= 0.3 is 0 Å². The van der Waals surface area contributed by atoms with E-state index >= 15 is 0 Å². The van der Waals surface area contributed by atoms with Gasteiger partial charge in [-0.15, -0.1) is 0 Å². The number of rotatable bonds is 2. The standard InChI is InChI=1S/C15H23N3O/c1-5-15(19)18-12(3)9-17(10-13(18)4)14-7-6-11(2)8-16-14/h6-8,12-13H,5,9-10H2,1-4H3/t12-,13+. The molecule has 1 aromatic heterocycles. The topological polar surface area (TPSA) is 36.4 Å². The lowest BCUT2D eigenvalue weighted by Crippen LogP contribution is -2.58. The number of nitrogens with zero attached hydrogens (tertiary/aromatic N) is 3. The van der Waals surface area contributed by atoms with E-state index in [9.17, 15) is 4.79 Å². The molecule has 4 heteroatoms. The Bertz CT molecular complexity index is 431. The fraction of sp³-hybridized carbons (Fsp3) is 0.600. The maximum absolute atomic E-state index is 12.0. The maximum Gasteiger partial charge on any atom is 0.222 e. The van der Waals surface area contributed by atoms with Gasteiger partial charge in [-0.3, -0.25) is 4.79 Å². The zero-order valence-electron chi connectivity index (χ0n) is 12.3. The number of hydrogen-bond acceptors (Lipinski definition) is 3. The van der Waals surface area contributed by atoms with Crippen molar-refractivity contribution in [3.05, 3.63) is 23.9 Å². The molecule has 0 bridgehead atoms. The minimum absolute atomic E-state index is 0.235. The molecule has 1 amide bonds. The third-order valence-electron chi connectivity index (χ3n) is 3.73. The zero-order chi connectivity index (χ0) is 14.0. The molecular weight excluding hydrogens is 238 g/mol. The minimum Gasteiger partial charge on any atom is -0.353 e. The molecule has 0 unspecified atom stereocenters. The molecule has 1 saturated heterocycles. The van der Waals surface area contributed by atoms with Crippen LogP contribution in [0.5, 0.6) is 0 Å². The van der Waals surface area contributed by atoms with Gasteiger partial charge in [-0.2, -0.15) is 0 Å². The summed E-state index contributed by atoms with van der Waals surface area (Å²) in [6, 6.07) is 4.62. The van der Waals surface area contributed by atoms with E-state index in [4.69, 9.17) is 0 Å². The molecule has 0 saturated carbocycles. The number of hydrogen-bond donors (Lipinski definition) is 0. The minimum atomic E-state index is 0.235. The molecule has 104 valence electrons. The van der Waals surface area contributed by atoms with Crippen molar-refractivity contribution in [3.63, 3.8) is 0 Å². The van der Waals surface area contributed by atoms with Crippen molar-refractivity contribution < 1.29 is 4.79 Å². The first-order valence-electron chi connectivity index (χ1n) is 7.01. The molecule has 4 nitrogen and oxygen atoms in total. The average Bonchev–Trinajstić information content (AvgIpc) is 2.38. The van der Waals surface area contributed by atoms with Crippen LogP contribution < -0.4 is 4.90 Å². The normalized spacial score (nSPS) is 23.6. The second-order valence-corrected chi connectivity index (χ2v) is 5.45. The predicted molar refractivity (Wildman–Crippen MR) is 77.2 cm³/mol. The Morgan fingerprint density at radius 3 is 2.42 bits per heavy atom. The lowest BCUT2D eigenvalue weighted by Gasteiger charge is -2.45. The van der Waals surface area contributed by atoms with E-state index in [1.807, 2.05) is 24.9 Å². The molecule has 0 aromatic carbocycles. The van der Waals surface area contributed by atoms with Gasteiger partial charge in [-0.1, -0.05) is 13.0 Å². The van der Waals surface area contributed by atoms with E-state index in [0.717, 1.165) is 18.9 Å². The fourth-order valence-corrected chi connectivity index (χ4v) is 2.83. The molecular formula is C15H23N3O. The molecule has 0 radical (unpaired) electrons. The van der Waals surface area contributed by atoms with E-state index in [2.05, 4.69) is 35.9 Å². The third kappa shape index (κ3) is 2.88. The van der Waals surface area contributed by atoms with Gasteiger partial charge in [-0.05, 0) is 32.4 Å². The predicted octanol–water partition coefficient (Wildman–Crippen LogP) is 2.23. The van der Waals surface area contributed by atoms with Crippen molar-refractivity contribution in [1.82, 2.24) is 9.88 Å². The molecule has 1 fully saturated rings. The Hall–Kier alpha value is -1.58. The van der Waals surface area contributed by atoms with Gasteiger partial charge in [-0.25, -0.2) is 4.98 Å². The molecule has 19 heavy (non-hydrogen) atoms. The number of amides is 1. The Morgan fingerprint density at radius 2 is 1.95 bits per heavy atom. The van der Waals surface area contributed by atoms with Crippen molar-refractivity contribution in [3.8, 4) is 0 Å². The molecule has 1 aromatic rings. The SMILES string of the molecule is CCC(=O)N1[C@H](C)CN(c2ccc(C)cn2)C[C@@H]1C. The van der Waals surface area contributed by atoms with Gasteiger partial charge in [0.2, 0.25) is 5.91 Å². The van der Waals surface area contributed by atoms with Crippen LogP contribution in [0.3, 0.4) is 0 Å². The smallest absolute Gasteiger partial charge is 0.222 e. The average molecular weight is 261 g/mol. The Labute approximate surface area is 115 Å². The highest BCUT2D eigenvalue weighted by Gasteiger charge is 2.32. The van der Waals surface area contributed by atoms with Crippen LogP contribution in [0.4, 0.5) is 5.82 Å². The Morgan fingerprint density at radius 1 is 1.32 bits per heavy atom. The molecule has 0 aliphatic carbocycles. The summed E-state index contributed by atoms with van der Waals surface area (Å²) in [6.07, 6.45) is 2.48. The maximum atomic E-state index is 12.0. The zero-order valence-corrected chi connectivity index (χ0v) is 12.3. The van der Waals surface area contributed by atoms with Crippen molar-refractivity contribution >= 4 is 11.7 Å². The first kappa shape index (κ1) is 13.8. The second-order valence-electron chi connectivity index (χ2n) is 5.45. The summed E-state index contributed by atoms with van der Waals surface area (Å²) in [6.45, 7) is 9.91. The second kappa shape index (κ2) is 5.59. The lowest BCUT2D eigenvalue weighted by atomic mass is 10.1. The molecule has 0 N–H and O–H groups in total. The van der Waals surface area contributed by atoms with Crippen LogP contribution in [0.15, 0.2) is 18.3 Å². The first-order chi connectivity index (χ1) is 9.02. The van der Waals surface area contributed by atoms with Gasteiger partial charge in [0.05, 0.1) is 0 Å². The number of piperazine rings is 1. The summed E-state index contributed by atoms with van der Waals surface area (Å²) >= 11 is 0. The van der Waals surface area contributed by atoms with Crippen molar-refractivity contribution in [2.75, 3.05) is 18.0 Å². The molecule has 0 spiro atoms. The highest BCUT2D eigenvalue weighted by molar-refractivity contribution is 5.77. The van der Waals surface area contributed by atoms with Crippen molar-refractivity contribution in [2.24, 2.45) is 0 Å². The van der Waals surface area contributed by atoms with Gasteiger partial charge in [0.25, 0.3) is 0 Å². The molecule has 2 atom stereocenters. The molecule has 2 rings (SSSR count). The number of anilines is 1. The number of carbonyl (C=O) groups excluding carboxylic acids is 1. The highest BCUT2D eigenvalue weighted by atomic mass is 16.2. The number of carbonyl (C=O) groups is 1. The number of pyridine rings is 1. The van der Waals surface area contributed by atoms with Crippen LogP contribution in [0.1, 0.15) is 32.8 Å². The molecule has 1 aliphatic rings. The monoisotopic (exact) mass is 261 g/mol. The highest BCUT2D eigenvalue weighted by Crippen LogP contribution is 2.21. The van der Waals surface area contributed by atoms with Crippen LogP contribution >= 0.6 is 0 Å². The van der Waals surface area contributed by atoms with Crippen molar-refractivity contribution in [2.45, 2.75) is 46.2 Å². The molecule has 2 heterocycles. The fourth-order valence-electron chi connectivity index (χ4n) is 2.83. The van der Waals surface area contributed by atoms with Crippen LogP contribution in [-0.4, -0.2) is 41.0 Å². The number of aryl methyl sites for hydroxylation is 1. The van der Waals surface area contributed by atoms with Gasteiger partial charge in [0.1, 0.15) is 5.82 Å². The van der Waals surface area contributed by atoms with Crippen LogP contribution in [0, 0.1) is 6.92 Å². The largest absolute Gasteiger partial charge is 0.353 e. The third-order valence-corrected chi connectivity index (χ3v) is 3.73. The van der Waals surface area contributed by atoms with Gasteiger partial charge in [0, 0.05) is 37.8 Å². The number of aromatic nitrogens is 1. The van der Waals surface area contributed by atoms with Crippen LogP contribution in [-0.2, 0) is 4.79 Å². The lowest BCUT2D eigenvalue weighted by molar-refractivity contribution is -0.135. The van der Waals surface area contributed by atoms with E-state index < -0.39 is 0 Å². The molecule has 1 aliphatic heterocycles. The Kier molecular flexibility index (Phi) is 4.08. The summed E-state index contributed by atoms with van der Waals surface area (Å²) in [4.78, 5) is 20.7. The summed E-state index contributed by atoms with van der Waals surface area (Å²) in [5.41, 5.74) is 1.17. The van der Waals surface area contributed by atoms with E-state index in [0.29, 0.717) is 6.42 Å². The first-order valence-corrected chi connectivity index (χ1v) is 7.01. The van der Waals surface area contributed by atoms with E-state index in [1.165, 1.54) is 5.56 Å². The quantitative estimate of drug-likeness (QED) is 0.819. The summed E-state index contributed by atoms with van der Waals surface area (Å²) in [5.74, 6) is 1.25. The van der Waals surface area contributed by atoms with Gasteiger partial charge in [0.15, 0.2) is 0 Å². The van der Waals surface area contributed by atoms with Gasteiger partial charge < -0.3 is 9.80 Å². The van der Waals surface area contributed by atoms with Crippen LogP contribution in [0.25, 0.3) is 0 Å². The summed E-state index contributed by atoms with van der Waals surface area (Å²) < 4.78 is 0. The van der Waals surface area contributed by atoms with E-state index in [1.54, 1.807) is 0 Å².